The van der Waals surface area contributed by atoms with Gasteiger partial charge in [-0.05, 0) is 24.3 Å². The highest BCUT2D eigenvalue weighted by atomic mass is 79.9. The maximum Gasteiger partial charge on any atom is 0.0925 e. The van der Waals surface area contributed by atoms with Crippen LogP contribution in [0.25, 0.3) is 0 Å². The first kappa shape index (κ1) is 14.1. The summed E-state index contributed by atoms with van der Waals surface area (Å²) in [5.41, 5.74) is 1.29. The summed E-state index contributed by atoms with van der Waals surface area (Å²) in [5, 5.41) is 0.879. The molecule has 1 saturated carbocycles. The molecule has 0 bridgehead atoms. The molecule has 1 aromatic rings. The summed E-state index contributed by atoms with van der Waals surface area (Å²) in [6, 6.07) is 10.6. The summed E-state index contributed by atoms with van der Waals surface area (Å²) in [7, 11) is 0. The lowest BCUT2D eigenvalue weighted by Gasteiger charge is -2.33. The van der Waals surface area contributed by atoms with Crippen LogP contribution in [0.15, 0.2) is 30.3 Å². The molecule has 3 atom stereocenters. The Balaban J connectivity index is 2.01. The third kappa shape index (κ3) is 3.58. The Kier molecular flexibility index (Phi) is 5.71. The SMILES string of the molecule is CCC1CCCCC1OC(CBr)c1ccccc1. The average molecular weight is 311 g/mol. The lowest BCUT2D eigenvalue weighted by Crippen LogP contribution is -2.29. The van der Waals surface area contributed by atoms with E-state index in [2.05, 4.69) is 53.2 Å². The van der Waals surface area contributed by atoms with Crippen molar-refractivity contribution in [3.8, 4) is 0 Å². The van der Waals surface area contributed by atoms with E-state index in [0.29, 0.717) is 6.10 Å². The molecule has 18 heavy (non-hydrogen) atoms. The van der Waals surface area contributed by atoms with Gasteiger partial charge in [0.2, 0.25) is 0 Å². The first-order valence-corrected chi connectivity index (χ1v) is 8.23. The zero-order valence-electron chi connectivity index (χ0n) is 11.1. The first-order chi connectivity index (χ1) is 8.85. The van der Waals surface area contributed by atoms with E-state index in [1.54, 1.807) is 0 Å². The minimum Gasteiger partial charge on any atom is -0.369 e. The number of alkyl halides is 1. The Morgan fingerprint density at radius 3 is 2.61 bits per heavy atom. The molecule has 0 amide bonds. The zero-order chi connectivity index (χ0) is 12.8. The molecule has 1 aromatic carbocycles. The van der Waals surface area contributed by atoms with Crippen molar-refractivity contribution < 1.29 is 4.74 Å². The molecule has 0 N–H and O–H groups in total. The summed E-state index contributed by atoms with van der Waals surface area (Å²) in [6.45, 7) is 2.29. The molecule has 1 fully saturated rings. The van der Waals surface area contributed by atoms with Crippen LogP contribution in [-0.4, -0.2) is 11.4 Å². The number of benzene rings is 1. The molecular weight excluding hydrogens is 288 g/mol. The molecule has 1 nitrogen and oxygen atoms in total. The Morgan fingerprint density at radius 2 is 1.94 bits per heavy atom. The fraction of sp³-hybridized carbons (Fsp3) is 0.625. The van der Waals surface area contributed by atoms with E-state index in [-0.39, 0.29) is 6.10 Å². The van der Waals surface area contributed by atoms with Crippen molar-refractivity contribution in [2.24, 2.45) is 5.92 Å². The highest BCUT2D eigenvalue weighted by molar-refractivity contribution is 9.09. The second kappa shape index (κ2) is 7.30. The van der Waals surface area contributed by atoms with Crippen LogP contribution in [0.5, 0.6) is 0 Å². The molecule has 100 valence electrons. The topological polar surface area (TPSA) is 9.23 Å². The molecule has 1 aliphatic rings. The van der Waals surface area contributed by atoms with Gasteiger partial charge >= 0.3 is 0 Å². The number of rotatable bonds is 5. The van der Waals surface area contributed by atoms with Gasteiger partial charge in [-0.3, -0.25) is 0 Å². The van der Waals surface area contributed by atoms with E-state index < -0.39 is 0 Å². The number of hydrogen-bond donors (Lipinski definition) is 0. The monoisotopic (exact) mass is 310 g/mol. The third-order valence-electron chi connectivity index (χ3n) is 4.01. The van der Waals surface area contributed by atoms with Crippen LogP contribution in [0, 0.1) is 5.92 Å². The Hall–Kier alpha value is -0.340. The molecule has 2 heteroatoms. The minimum absolute atomic E-state index is 0.198. The Morgan fingerprint density at radius 1 is 1.22 bits per heavy atom. The van der Waals surface area contributed by atoms with Crippen molar-refractivity contribution in [2.75, 3.05) is 5.33 Å². The van der Waals surface area contributed by atoms with E-state index in [0.717, 1.165) is 11.2 Å². The van der Waals surface area contributed by atoms with E-state index in [9.17, 15) is 0 Å². The molecule has 0 aliphatic heterocycles. The molecule has 0 radical (unpaired) electrons. The molecular formula is C16H23BrO. The van der Waals surface area contributed by atoms with Crippen molar-refractivity contribution in [2.45, 2.75) is 51.2 Å². The second-order valence-corrected chi connectivity index (χ2v) is 5.83. The summed E-state index contributed by atoms with van der Waals surface area (Å²) >= 11 is 3.60. The largest absolute Gasteiger partial charge is 0.369 e. The van der Waals surface area contributed by atoms with E-state index in [1.807, 2.05) is 0 Å². The summed E-state index contributed by atoms with van der Waals surface area (Å²) < 4.78 is 6.38. The van der Waals surface area contributed by atoms with Crippen LogP contribution >= 0.6 is 15.9 Å². The molecule has 3 unspecified atom stereocenters. The van der Waals surface area contributed by atoms with Crippen molar-refractivity contribution in [3.05, 3.63) is 35.9 Å². The lowest BCUT2D eigenvalue weighted by atomic mass is 9.84. The standard InChI is InChI=1S/C16H23BrO/c1-2-13-8-6-7-11-15(13)18-16(12-17)14-9-4-3-5-10-14/h3-5,9-10,13,15-16H,2,6-8,11-12H2,1H3. The van der Waals surface area contributed by atoms with Gasteiger partial charge in [0.05, 0.1) is 12.2 Å². The number of ether oxygens (including phenoxy) is 1. The van der Waals surface area contributed by atoms with Gasteiger partial charge in [0.1, 0.15) is 0 Å². The predicted molar refractivity (Wildman–Crippen MR) is 80.1 cm³/mol. The van der Waals surface area contributed by atoms with Gasteiger partial charge in [-0.15, -0.1) is 0 Å². The van der Waals surface area contributed by atoms with Gasteiger partial charge in [0.25, 0.3) is 0 Å². The van der Waals surface area contributed by atoms with Crippen LogP contribution in [-0.2, 0) is 4.74 Å². The average Bonchev–Trinajstić information content (AvgIpc) is 2.46. The van der Waals surface area contributed by atoms with Crippen molar-refractivity contribution in [3.63, 3.8) is 0 Å². The van der Waals surface area contributed by atoms with Gasteiger partial charge < -0.3 is 4.74 Å². The molecule has 1 aliphatic carbocycles. The summed E-state index contributed by atoms with van der Waals surface area (Å²) in [6.07, 6.45) is 7.16. The first-order valence-electron chi connectivity index (χ1n) is 7.11. The maximum absolute atomic E-state index is 6.38. The highest BCUT2D eigenvalue weighted by Gasteiger charge is 2.27. The lowest BCUT2D eigenvalue weighted by molar-refractivity contribution is -0.0524. The van der Waals surface area contributed by atoms with Crippen LogP contribution in [0.3, 0.4) is 0 Å². The van der Waals surface area contributed by atoms with Gasteiger partial charge in [0.15, 0.2) is 0 Å². The fourth-order valence-electron chi connectivity index (χ4n) is 2.90. The highest BCUT2D eigenvalue weighted by Crippen LogP contribution is 2.33. The van der Waals surface area contributed by atoms with E-state index in [1.165, 1.54) is 37.7 Å². The number of halogens is 1. The maximum atomic E-state index is 6.38. The van der Waals surface area contributed by atoms with Crippen LogP contribution in [0.1, 0.15) is 50.7 Å². The van der Waals surface area contributed by atoms with Crippen LogP contribution in [0.4, 0.5) is 0 Å². The minimum atomic E-state index is 0.198. The zero-order valence-corrected chi connectivity index (χ0v) is 12.7. The Labute approximate surface area is 119 Å². The van der Waals surface area contributed by atoms with Crippen molar-refractivity contribution >= 4 is 15.9 Å². The van der Waals surface area contributed by atoms with Gasteiger partial charge in [-0.2, -0.15) is 0 Å². The van der Waals surface area contributed by atoms with Crippen LogP contribution < -0.4 is 0 Å². The van der Waals surface area contributed by atoms with Gasteiger partial charge in [0, 0.05) is 5.33 Å². The summed E-state index contributed by atoms with van der Waals surface area (Å²) in [5.74, 6) is 0.754. The number of hydrogen-bond acceptors (Lipinski definition) is 1. The van der Waals surface area contributed by atoms with E-state index in [4.69, 9.17) is 4.74 Å². The van der Waals surface area contributed by atoms with E-state index >= 15 is 0 Å². The Bertz CT molecular complexity index is 338. The van der Waals surface area contributed by atoms with Crippen LogP contribution in [0.2, 0.25) is 0 Å². The van der Waals surface area contributed by atoms with Crippen molar-refractivity contribution in [1.29, 1.82) is 0 Å². The summed E-state index contributed by atoms with van der Waals surface area (Å²) in [4.78, 5) is 0. The van der Waals surface area contributed by atoms with Gasteiger partial charge in [-0.1, -0.05) is 72.4 Å². The smallest absolute Gasteiger partial charge is 0.0925 e. The molecule has 0 saturated heterocycles. The molecule has 0 spiro atoms. The molecule has 2 rings (SSSR count). The predicted octanol–water partition coefficient (Wildman–Crippen LogP) is 5.11. The third-order valence-corrected chi connectivity index (χ3v) is 4.60. The quantitative estimate of drug-likeness (QED) is 0.687. The van der Waals surface area contributed by atoms with Gasteiger partial charge in [-0.25, -0.2) is 0 Å². The molecule has 0 aromatic heterocycles. The van der Waals surface area contributed by atoms with Crippen molar-refractivity contribution in [1.82, 2.24) is 0 Å². The fourth-order valence-corrected chi connectivity index (χ4v) is 3.43. The second-order valence-electron chi connectivity index (χ2n) is 5.18. The molecule has 0 heterocycles. The normalized spacial score (nSPS) is 25.9.